The third kappa shape index (κ3) is 3.99. The first-order chi connectivity index (χ1) is 10.4. The Hall–Kier alpha value is -1.59. The standard InChI is InChI=1S/C16H21ClN2O3/c1-11-12(17)5-4-6-13(11)19-14(20)7-10-18-15(21)16(22)8-2-3-9-16/h4-6,22H,2-3,7-10H2,1H3,(H,18,21)(H,19,20). The van der Waals surface area contributed by atoms with Gasteiger partial charge in [0.25, 0.3) is 5.91 Å². The minimum absolute atomic E-state index is 0.147. The maximum Gasteiger partial charge on any atom is 0.251 e. The van der Waals surface area contributed by atoms with E-state index >= 15 is 0 Å². The molecule has 2 amide bonds. The van der Waals surface area contributed by atoms with Crippen molar-refractivity contribution in [1.82, 2.24) is 5.32 Å². The van der Waals surface area contributed by atoms with Gasteiger partial charge in [-0.25, -0.2) is 0 Å². The van der Waals surface area contributed by atoms with E-state index in [4.69, 9.17) is 11.6 Å². The average molecular weight is 325 g/mol. The van der Waals surface area contributed by atoms with Gasteiger partial charge < -0.3 is 15.7 Å². The zero-order valence-electron chi connectivity index (χ0n) is 12.6. The fourth-order valence-corrected chi connectivity index (χ4v) is 2.77. The molecule has 120 valence electrons. The summed E-state index contributed by atoms with van der Waals surface area (Å²) >= 11 is 6.00. The van der Waals surface area contributed by atoms with Crippen molar-refractivity contribution < 1.29 is 14.7 Å². The van der Waals surface area contributed by atoms with E-state index in [1.165, 1.54) is 0 Å². The summed E-state index contributed by atoms with van der Waals surface area (Å²) in [7, 11) is 0. The van der Waals surface area contributed by atoms with E-state index < -0.39 is 5.60 Å². The zero-order chi connectivity index (χ0) is 16.2. The Morgan fingerprint density at radius 2 is 2.00 bits per heavy atom. The number of carbonyl (C=O) groups excluding carboxylic acids is 2. The summed E-state index contributed by atoms with van der Waals surface area (Å²) in [6.07, 6.45) is 2.85. The van der Waals surface area contributed by atoms with Gasteiger partial charge in [0.1, 0.15) is 5.60 Å². The summed E-state index contributed by atoms with van der Waals surface area (Å²) in [5.41, 5.74) is 0.222. The first kappa shape index (κ1) is 16.8. The van der Waals surface area contributed by atoms with E-state index in [9.17, 15) is 14.7 Å². The molecule has 5 nitrogen and oxygen atoms in total. The van der Waals surface area contributed by atoms with Gasteiger partial charge in [0.2, 0.25) is 5.91 Å². The van der Waals surface area contributed by atoms with Crippen LogP contribution >= 0.6 is 11.6 Å². The number of benzene rings is 1. The molecule has 1 aromatic rings. The normalized spacial score (nSPS) is 16.3. The second-order valence-corrected chi connectivity index (χ2v) is 6.11. The third-order valence-corrected chi connectivity index (χ3v) is 4.44. The Bertz CT molecular complexity index is 569. The monoisotopic (exact) mass is 324 g/mol. The van der Waals surface area contributed by atoms with Gasteiger partial charge in [-0.05, 0) is 50.3 Å². The van der Waals surface area contributed by atoms with Crippen LogP contribution < -0.4 is 10.6 Å². The molecule has 0 atom stereocenters. The van der Waals surface area contributed by atoms with Crippen LogP contribution in [0.15, 0.2) is 18.2 Å². The van der Waals surface area contributed by atoms with Crippen molar-refractivity contribution in [3.63, 3.8) is 0 Å². The summed E-state index contributed by atoms with van der Waals surface area (Å²) in [5, 5.41) is 16.1. The highest BCUT2D eigenvalue weighted by atomic mass is 35.5. The number of aliphatic hydroxyl groups is 1. The van der Waals surface area contributed by atoms with E-state index in [0.29, 0.717) is 23.6 Å². The van der Waals surface area contributed by atoms with E-state index in [2.05, 4.69) is 10.6 Å². The maximum absolute atomic E-state index is 11.9. The first-order valence-electron chi connectivity index (χ1n) is 7.48. The molecule has 1 aliphatic carbocycles. The van der Waals surface area contributed by atoms with E-state index in [0.717, 1.165) is 18.4 Å². The van der Waals surface area contributed by atoms with Crippen LogP contribution in [0.25, 0.3) is 0 Å². The molecule has 0 bridgehead atoms. The predicted octanol–water partition coefficient (Wildman–Crippen LogP) is 2.40. The van der Waals surface area contributed by atoms with Gasteiger partial charge in [0.15, 0.2) is 0 Å². The predicted molar refractivity (Wildman–Crippen MR) is 85.9 cm³/mol. The van der Waals surface area contributed by atoms with Crippen molar-refractivity contribution in [3.05, 3.63) is 28.8 Å². The zero-order valence-corrected chi connectivity index (χ0v) is 13.4. The van der Waals surface area contributed by atoms with E-state index in [1.807, 2.05) is 6.92 Å². The number of hydrogen-bond acceptors (Lipinski definition) is 3. The molecule has 22 heavy (non-hydrogen) atoms. The number of halogens is 1. The molecule has 0 radical (unpaired) electrons. The molecule has 0 saturated heterocycles. The highest BCUT2D eigenvalue weighted by molar-refractivity contribution is 6.31. The van der Waals surface area contributed by atoms with Gasteiger partial charge in [-0.3, -0.25) is 9.59 Å². The molecule has 1 fully saturated rings. The number of carbonyl (C=O) groups is 2. The maximum atomic E-state index is 11.9. The lowest BCUT2D eigenvalue weighted by Gasteiger charge is -2.20. The fraction of sp³-hybridized carbons (Fsp3) is 0.500. The smallest absolute Gasteiger partial charge is 0.251 e. The highest BCUT2D eigenvalue weighted by Crippen LogP contribution is 2.29. The summed E-state index contributed by atoms with van der Waals surface area (Å²) in [4.78, 5) is 23.8. The Morgan fingerprint density at radius 1 is 1.32 bits per heavy atom. The largest absolute Gasteiger partial charge is 0.380 e. The van der Waals surface area contributed by atoms with Crippen molar-refractivity contribution in [1.29, 1.82) is 0 Å². The van der Waals surface area contributed by atoms with Crippen LogP contribution in [0.1, 0.15) is 37.7 Å². The van der Waals surface area contributed by atoms with Crippen molar-refractivity contribution in [2.45, 2.75) is 44.6 Å². The van der Waals surface area contributed by atoms with Crippen molar-refractivity contribution in [2.24, 2.45) is 0 Å². The van der Waals surface area contributed by atoms with Crippen molar-refractivity contribution in [3.8, 4) is 0 Å². The SMILES string of the molecule is Cc1c(Cl)cccc1NC(=O)CCNC(=O)C1(O)CCCC1. The summed E-state index contributed by atoms with van der Waals surface area (Å²) < 4.78 is 0. The molecule has 0 spiro atoms. The lowest BCUT2D eigenvalue weighted by molar-refractivity contribution is -0.139. The Morgan fingerprint density at radius 3 is 2.68 bits per heavy atom. The molecular formula is C16H21ClN2O3. The Kier molecular flexibility index (Phi) is 5.42. The summed E-state index contributed by atoms with van der Waals surface area (Å²) in [6.45, 7) is 2.03. The Labute approximate surface area is 135 Å². The van der Waals surface area contributed by atoms with Gasteiger partial charge in [-0.15, -0.1) is 0 Å². The van der Waals surface area contributed by atoms with Gasteiger partial charge in [0.05, 0.1) is 0 Å². The lowest BCUT2D eigenvalue weighted by Crippen LogP contribution is -2.45. The quantitative estimate of drug-likeness (QED) is 0.778. The fourth-order valence-electron chi connectivity index (χ4n) is 2.60. The van der Waals surface area contributed by atoms with Crippen LogP contribution in [0.4, 0.5) is 5.69 Å². The van der Waals surface area contributed by atoms with Gasteiger partial charge in [0, 0.05) is 23.7 Å². The van der Waals surface area contributed by atoms with E-state index in [-0.39, 0.29) is 24.8 Å². The molecule has 0 aliphatic heterocycles. The van der Waals surface area contributed by atoms with Gasteiger partial charge in [-0.1, -0.05) is 17.7 Å². The van der Waals surface area contributed by atoms with Crippen molar-refractivity contribution >= 4 is 29.1 Å². The van der Waals surface area contributed by atoms with Crippen LogP contribution in [0, 0.1) is 6.92 Å². The number of rotatable bonds is 5. The highest BCUT2D eigenvalue weighted by Gasteiger charge is 2.38. The minimum atomic E-state index is -1.25. The minimum Gasteiger partial charge on any atom is -0.380 e. The molecule has 1 aromatic carbocycles. The number of hydrogen-bond donors (Lipinski definition) is 3. The molecule has 0 unspecified atom stereocenters. The number of anilines is 1. The van der Waals surface area contributed by atoms with Crippen LogP contribution in [-0.4, -0.2) is 29.1 Å². The van der Waals surface area contributed by atoms with E-state index in [1.54, 1.807) is 18.2 Å². The van der Waals surface area contributed by atoms with Gasteiger partial charge in [-0.2, -0.15) is 0 Å². The van der Waals surface area contributed by atoms with Crippen molar-refractivity contribution in [2.75, 3.05) is 11.9 Å². The van der Waals surface area contributed by atoms with Crippen LogP contribution in [0.3, 0.4) is 0 Å². The van der Waals surface area contributed by atoms with Crippen LogP contribution in [0.5, 0.6) is 0 Å². The average Bonchev–Trinajstić information content (AvgIpc) is 2.92. The molecule has 0 heterocycles. The first-order valence-corrected chi connectivity index (χ1v) is 7.86. The molecule has 2 rings (SSSR count). The summed E-state index contributed by atoms with van der Waals surface area (Å²) in [5.74, 6) is -0.583. The molecule has 6 heteroatoms. The summed E-state index contributed by atoms with van der Waals surface area (Å²) in [6, 6.07) is 5.30. The van der Waals surface area contributed by atoms with Crippen LogP contribution in [0.2, 0.25) is 5.02 Å². The molecule has 1 aliphatic rings. The second kappa shape index (κ2) is 7.11. The molecule has 3 N–H and O–H groups in total. The van der Waals surface area contributed by atoms with Crippen LogP contribution in [-0.2, 0) is 9.59 Å². The molecular weight excluding hydrogens is 304 g/mol. The molecule has 0 aromatic heterocycles. The Balaban J connectivity index is 1.78. The lowest BCUT2D eigenvalue weighted by atomic mass is 10.0. The third-order valence-electron chi connectivity index (χ3n) is 4.03. The number of amides is 2. The second-order valence-electron chi connectivity index (χ2n) is 5.71. The van der Waals surface area contributed by atoms with Gasteiger partial charge >= 0.3 is 0 Å². The topological polar surface area (TPSA) is 78.4 Å². The molecule has 1 saturated carbocycles. The number of nitrogens with one attached hydrogen (secondary N) is 2.